The highest BCUT2D eigenvalue weighted by atomic mass is 127. The van der Waals surface area contributed by atoms with Gasteiger partial charge in [-0.2, -0.15) is 0 Å². The summed E-state index contributed by atoms with van der Waals surface area (Å²) in [6, 6.07) is 3.86. The Morgan fingerprint density at radius 3 is 2.83 bits per heavy atom. The zero-order valence-electron chi connectivity index (χ0n) is 9.83. The summed E-state index contributed by atoms with van der Waals surface area (Å²) in [6.45, 7) is 3.94. The van der Waals surface area contributed by atoms with Gasteiger partial charge in [-0.15, -0.1) is 10.2 Å². The fourth-order valence-electron chi connectivity index (χ4n) is 1.64. The Bertz CT molecular complexity index is 631. The number of halogens is 2. The first-order valence-electron chi connectivity index (χ1n) is 5.33. The molecule has 18 heavy (non-hydrogen) atoms. The summed E-state index contributed by atoms with van der Waals surface area (Å²) in [4.78, 5) is 11.7. The van der Waals surface area contributed by atoms with E-state index in [2.05, 4.69) is 32.8 Å². The van der Waals surface area contributed by atoms with Crippen molar-refractivity contribution >= 4 is 51.1 Å². The van der Waals surface area contributed by atoms with Crippen molar-refractivity contribution in [1.29, 1.82) is 0 Å². The molecule has 0 spiro atoms. The van der Waals surface area contributed by atoms with Gasteiger partial charge in [0.15, 0.2) is 5.69 Å². The molecule has 0 amide bonds. The van der Waals surface area contributed by atoms with E-state index in [0.29, 0.717) is 10.5 Å². The Hall–Kier alpha value is -0.950. The van der Waals surface area contributed by atoms with Gasteiger partial charge in [0.1, 0.15) is 0 Å². The van der Waals surface area contributed by atoms with Crippen LogP contribution >= 0.6 is 34.2 Å². The van der Waals surface area contributed by atoms with E-state index in [4.69, 9.17) is 16.3 Å². The maximum absolute atomic E-state index is 11.7. The third kappa shape index (κ3) is 2.42. The minimum atomic E-state index is -0.548. The summed E-state index contributed by atoms with van der Waals surface area (Å²) in [5.41, 5.74) is 1.74. The van der Waals surface area contributed by atoms with E-state index in [9.17, 15) is 4.79 Å². The molecule has 4 nitrogen and oxygen atoms in total. The van der Waals surface area contributed by atoms with Crippen molar-refractivity contribution in [2.24, 2.45) is 0 Å². The number of esters is 1. The second-order valence-electron chi connectivity index (χ2n) is 3.70. The van der Waals surface area contributed by atoms with Gasteiger partial charge in [-0.3, -0.25) is 0 Å². The molecule has 0 atom stereocenters. The van der Waals surface area contributed by atoms with Crippen LogP contribution in [0.25, 0.3) is 10.9 Å². The monoisotopic (exact) mass is 376 g/mol. The Balaban J connectivity index is 2.67. The van der Waals surface area contributed by atoms with E-state index in [1.54, 1.807) is 6.92 Å². The van der Waals surface area contributed by atoms with Crippen LogP contribution in [0.15, 0.2) is 12.1 Å². The van der Waals surface area contributed by atoms with Gasteiger partial charge in [-0.25, -0.2) is 4.79 Å². The van der Waals surface area contributed by atoms with Crippen LogP contribution in [0.1, 0.15) is 23.0 Å². The number of aromatic nitrogens is 2. The summed E-state index contributed by atoms with van der Waals surface area (Å²) in [6.07, 6.45) is 0. The van der Waals surface area contributed by atoms with Crippen LogP contribution < -0.4 is 0 Å². The normalized spacial score (nSPS) is 10.7. The molecule has 0 radical (unpaired) electrons. The smallest absolute Gasteiger partial charge is 0.360 e. The fourth-order valence-corrected chi connectivity index (χ4v) is 2.67. The summed E-state index contributed by atoms with van der Waals surface area (Å²) in [7, 11) is 0. The van der Waals surface area contributed by atoms with E-state index < -0.39 is 5.97 Å². The molecule has 0 fully saturated rings. The van der Waals surface area contributed by atoms with Gasteiger partial charge in [0.2, 0.25) is 0 Å². The third-order valence-corrected chi connectivity index (χ3v) is 3.43. The molecule has 1 aromatic heterocycles. The second-order valence-corrected chi connectivity index (χ2v) is 5.33. The Labute approximate surface area is 123 Å². The van der Waals surface area contributed by atoms with Crippen molar-refractivity contribution in [3.8, 4) is 0 Å². The van der Waals surface area contributed by atoms with Crippen LogP contribution in [-0.2, 0) is 4.74 Å². The highest BCUT2D eigenvalue weighted by Crippen LogP contribution is 2.28. The maximum atomic E-state index is 11.7. The van der Waals surface area contributed by atoms with Gasteiger partial charge in [0.25, 0.3) is 0 Å². The number of carbonyl (C=O) groups excluding carboxylic acids is 1. The lowest BCUT2D eigenvalue weighted by atomic mass is 10.1. The zero-order chi connectivity index (χ0) is 13.3. The molecule has 2 rings (SSSR count). The van der Waals surface area contributed by atoms with E-state index in [-0.39, 0.29) is 12.3 Å². The second kappa shape index (κ2) is 5.36. The predicted molar refractivity (Wildman–Crippen MR) is 78.0 cm³/mol. The van der Waals surface area contributed by atoms with Crippen molar-refractivity contribution in [1.82, 2.24) is 10.2 Å². The lowest BCUT2D eigenvalue weighted by Gasteiger charge is -2.07. The third-order valence-electron chi connectivity index (χ3n) is 2.43. The molecule has 0 unspecified atom stereocenters. The molecule has 1 aromatic carbocycles. The SMILES string of the molecule is CCOC(=O)c1nnc2c(C)cc(I)cc2c1Cl. The van der Waals surface area contributed by atoms with Crippen LogP contribution in [0.4, 0.5) is 0 Å². The van der Waals surface area contributed by atoms with Gasteiger partial charge in [0.05, 0.1) is 17.1 Å². The summed E-state index contributed by atoms with van der Waals surface area (Å²) in [5, 5.41) is 8.92. The van der Waals surface area contributed by atoms with Crippen LogP contribution in [0, 0.1) is 10.5 Å². The zero-order valence-corrected chi connectivity index (χ0v) is 12.7. The highest BCUT2D eigenvalue weighted by molar-refractivity contribution is 14.1. The molecule has 0 saturated carbocycles. The van der Waals surface area contributed by atoms with Crippen LogP contribution in [0.3, 0.4) is 0 Å². The molecule has 0 saturated heterocycles. The molecule has 6 heteroatoms. The molecule has 0 aliphatic carbocycles. The number of aryl methyl sites for hydroxylation is 1. The number of carbonyl (C=O) groups is 1. The molecule has 2 aromatic rings. The topological polar surface area (TPSA) is 52.1 Å². The Morgan fingerprint density at radius 2 is 2.17 bits per heavy atom. The van der Waals surface area contributed by atoms with Gasteiger partial charge in [-0.05, 0) is 54.1 Å². The molecule has 1 heterocycles. The number of rotatable bonds is 2. The van der Waals surface area contributed by atoms with E-state index in [0.717, 1.165) is 14.5 Å². The quantitative estimate of drug-likeness (QED) is 0.596. The first kappa shape index (κ1) is 13.5. The number of nitrogens with zero attached hydrogens (tertiary/aromatic N) is 2. The summed E-state index contributed by atoms with van der Waals surface area (Å²) < 4.78 is 5.92. The van der Waals surface area contributed by atoms with Gasteiger partial charge < -0.3 is 4.74 Å². The minimum absolute atomic E-state index is 0.0624. The summed E-state index contributed by atoms with van der Waals surface area (Å²) in [5.74, 6) is -0.548. The number of benzene rings is 1. The van der Waals surface area contributed by atoms with Crippen LogP contribution in [0.2, 0.25) is 5.02 Å². The molecule has 0 aliphatic rings. The number of hydrogen-bond acceptors (Lipinski definition) is 4. The average Bonchev–Trinajstić information content (AvgIpc) is 2.30. The Kier molecular flexibility index (Phi) is 4.01. The van der Waals surface area contributed by atoms with Gasteiger partial charge in [-0.1, -0.05) is 11.6 Å². The minimum Gasteiger partial charge on any atom is -0.461 e. The highest BCUT2D eigenvalue weighted by Gasteiger charge is 2.18. The summed E-state index contributed by atoms with van der Waals surface area (Å²) >= 11 is 8.40. The number of ether oxygens (including phenoxy) is 1. The number of hydrogen-bond donors (Lipinski definition) is 0. The van der Waals surface area contributed by atoms with Crippen molar-refractivity contribution < 1.29 is 9.53 Å². The van der Waals surface area contributed by atoms with Crippen molar-refractivity contribution in [3.05, 3.63) is 32.0 Å². The lowest BCUT2D eigenvalue weighted by Crippen LogP contribution is -2.09. The molecule has 0 bridgehead atoms. The van der Waals surface area contributed by atoms with E-state index >= 15 is 0 Å². The van der Waals surface area contributed by atoms with Crippen molar-refractivity contribution in [3.63, 3.8) is 0 Å². The lowest BCUT2D eigenvalue weighted by molar-refractivity contribution is 0.0518. The Morgan fingerprint density at radius 1 is 1.44 bits per heavy atom. The first-order chi connectivity index (χ1) is 8.54. The largest absolute Gasteiger partial charge is 0.461 e. The first-order valence-corrected chi connectivity index (χ1v) is 6.79. The van der Waals surface area contributed by atoms with Crippen LogP contribution in [-0.4, -0.2) is 22.8 Å². The molecule has 0 aliphatic heterocycles. The van der Waals surface area contributed by atoms with E-state index in [1.165, 1.54) is 0 Å². The maximum Gasteiger partial charge on any atom is 0.360 e. The number of fused-ring (bicyclic) bond motifs is 1. The van der Waals surface area contributed by atoms with Gasteiger partial charge in [0, 0.05) is 8.96 Å². The molecular weight excluding hydrogens is 367 g/mol. The van der Waals surface area contributed by atoms with Crippen molar-refractivity contribution in [2.45, 2.75) is 13.8 Å². The molecule has 0 N–H and O–H groups in total. The van der Waals surface area contributed by atoms with E-state index in [1.807, 2.05) is 19.1 Å². The predicted octanol–water partition coefficient (Wildman–Crippen LogP) is 3.37. The molecule has 94 valence electrons. The van der Waals surface area contributed by atoms with Crippen LogP contribution in [0.5, 0.6) is 0 Å². The molecular formula is C12H10ClIN2O2. The standard InChI is InChI=1S/C12H10ClIN2O2/c1-3-18-12(17)11-9(13)8-5-7(14)4-6(2)10(8)15-16-11/h4-5H,3H2,1-2H3. The van der Waals surface area contributed by atoms with Crippen molar-refractivity contribution in [2.75, 3.05) is 6.61 Å². The fraction of sp³-hybridized carbons (Fsp3) is 0.250. The average molecular weight is 377 g/mol. The van der Waals surface area contributed by atoms with Gasteiger partial charge >= 0.3 is 5.97 Å².